The van der Waals surface area contributed by atoms with E-state index in [1.54, 1.807) is 24.5 Å². The Hall–Kier alpha value is -2.38. The van der Waals surface area contributed by atoms with Gasteiger partial charge in [-0.2, -0.15) is 0 Å². The number of pyridine rings is 1. The van der Waals surface area contributed by atoms with E-state index in [1.807, 2.05) is 29.7 Å². The molecule has 3 aromatic rings. The summed E-state index contributed by atoms with van der Waals surface area (Å²) < 4.78 is 2.04. The van der Waals surface area contributed by atoms with Gasteiger partial charge in [0.25, 0.3) is 0 Å². The minimum atomic E-state index is -0.0954. The number of carbonyl (C=O) groups excluding carboxylic acids is 1. The lowest BCUT2D eigenvalue weighted by atomic mass is 10.2. The Labute approximate surface area is 167 Å². The van der Waals surface area contributed by atoms with E-state index in [1.165, 1.54) is 11.8 Å². The van der Waals surface area contributed by atoms with Gasteiger partial charge in [-0.3, -0.25) is 9.78 Å². The zero-order valence-corrected chi connectivity index (χ0v) is 16.7. The zero-order chi connectivity index (χ0) is 19.2. The number of aryl methyl sites for hydroxylation is 1. The van der Waals surface area contributed by atoms with E-state index in [-0.39, 0.29) is 11.7 Å². The van der Waals surface area contributed by atoms with E-state index in [4.69, 9.17) is 11.6 Å². The van der Waals surface area contributed by atoms with Crippen LogP contribution in [0.2, 0.25) is 5.02 Å². The molecule has 0 radical (unpaired) electrons. The summed E-state index contributed by atoms with van der Waals surface area (Å²) in [5.41, 5.74) is 2.64. The predicted molar refractivity (Wildman–Crippen MR) is 109 cm³/mol. The maximum absolute atomic E-state index is 12.3. The number of amides is 1. The van der Waals surface area contributed by atoms with Crippen LogP contribution in [0, 0.1) is 6.92 Å². The first kappa shape index (κ1) is 19.4. The van der Waals surface area contributed by atoms with Gasteiger partial charge in [0.1, 0.15) is 0 Å². The van der Waals surface area contributed by atoms with Gasteiger partial charge in [-0.15, -0.1) is 10.2 Å². The topological polar surface area (TPSA) is 72.7 Å². The largest absolute Gasteiger partial charge is 0.325 e. The summed E-state index contributed by atoms with van der Waals surface area (Å²) in [5, 5.41) is 12.9. The maximum Gasteiger partial charge on any atom is 0.234 e. The molecule has 0 aliphatic carbocycles. The number of anilines is 1. The summed E-state index contributed by atoms with van der Waals surface area (Å²) in [7, 11) is 0. The van der Waals surface area contributed by atoms with E-state index in [0.717, 1.165) is 40.8 Å². The number of hydrogen-bond acceptors (Lipinski definition) is 5. The summed E-state index contributed by atoms with van der Waals surface area (Å²) in [4.78, 5) is 16.4. The third-order valence-electron chi connectivity index (χ3n) is 3.90. The lowest BCUT2D eigenvalue weighted by molar-refractivity contribution is -0.113. The number of rotatable bonds is 7. The van der Waals surface area contributed by atoms with E-state index in [2.05, 4.69) is 27.4 Å². The SMILES string of the molecule is CCCn1c(SCC(=O)Nc2ccc(Cl)cc2C)nnc1-c1ccncc1. The summed E-state index contributed by atoms with van der Waals surface area (Å²) in [6, 6.07) is 9.20. The molecule has 140 valence electrons. The van der Waals surface area contributed by atoms with Gasteiger partial charge in [-0.1, -0.05) is 30.3 Å². The molecule has 0 bridgehead atoms. The average Bonchev–Trinajstić information content (AvgIpc) is 3.06. The molecule has 6 nitrogen and oxygen atoms in total. The molecule has 0 aliphatic rings. The minimum Gasteiger partial charge on any atom is -0.325 e. The number of nitrogens with zero attached hydrogens (tertiary/aromatic N) is 4. The van der Waals surface area contributed by atoms with Gasteiger partial charge in [0.2, 0.25) is 5.91 Å². The van der Waals surface area contributed by atoms with Crippen molar-refractivity contribution in [1.82, 2.24) is 19.7 Å². The molecule has 2 aromatic heterocycles. The lowest BCUT2D eigenvalue weighted by Gasteiger charge is -2.10. The molecule has 8 heteroatoms. The average molecular weight is 402 g/mol. The molecule has 2 heterocycles. The molecule has 0 aliphatic heterocycles. The smallest absolute Gasteiger partial charge is 0.234 e. The van der Waals surface area contributed by atoms with Gasteiger partial charge in [0.15, 0.2) is 11.0 Å². The molecule has 0 saturated carbocycles. The van der Waals surface area contributed by atoms with Crippen molar-refractivity contribution in [3.8, 4) is 11.4 Å². The number of halogens is 1. The van der Waals surface area contributed by atoms with Crippen LogP contribution in [0.25, 0.3) is 11.4 Å². The molecule has 1 aromatic carbocycles. The van der Waals surface area contributed by atoms with Gasteiger partial charge < -0.3 is 9.88 Å². The molecule has 1 amide bonds. The molecule has 0 atom stereocenters. The first-order valence-corrected chi connectivity index (χ1v) is 9.97. The summed E-state index contributed by atoms with van der Waals surface area (Å²) in [5.74, 6) is 0.943. The van der Waals surface area contributed by atoms with Gasteiger partial charge >= 0.3 is 0 Å². The molecule has 1 N–H and O–H groups in total. The Kier molecular flexibility index (Phi) is 6.47. The fraction of sp³-hybridized carbons (Fsp3) is 0.263. The van der Waals surface area contributed by atoms with Crippen molar-refractivity contribution in [3.63, 3.8) is 0 Å². The molecule has 0 spiro atoms. The van der Waals surface area contributed by atoms with Crippen LogP contribution in [-0.4, -0.2) is 31.4 Å². The fourth-order valence-corrected chi connectivity index (χ4v) is 3.61. The highest BCUT2D eigenvalue weighted by atomic mass is 35.5. The standard InChI is InChI=1S/C19H20ClN5OS/c1-3-10-25-18(14-6-8-21-9-7-14)23-24-19(25)27-12-17(26)22-16-5-4-15(20)11-13(16)2/h4-9,11H,3,10,12H2,1-2H3,(H,22,26). The van der Waals surface area contributed by atoms with E-state index < -0.39 is 0 Å². The van der Waals surface area contributed by atoms with Crippen molar-refractivity contribution in [2.75, 3.05) is 11.1 Å². The van der Waals surface area contributed by atoms with Crippen molar-refractivity contribution in [2.45, 2.75) is 32.0 Å². The quantitative estimate of drug-likeness (QED) is 0.592. The third-order valence-corrected chi connectivity index (χ3v) is 5.10. The number of benzene rings is 1. The minimum absolute atomic E-state index is 0.0954. The fourth-order valence-electron chi connectivity index (χ4n) is 2.62. The number of carbonyl (C=O) groups is 1. The number of hydrogen-bond donors (Lipinski definition) is 1. The van der Waals surface area contributed by atoms with Crippen molar-refractivity contribution in [1.29, 1.82) is 0 Å². The van der Waals surface area contributed by atoms with Crippen molar-refractivity contribution in [2.24, 2.45) is 0 Å². The van der Waals surface area contributed by atoms with Crippen LogP contribution in [0.5, 0.6) is 0 Å². The zero-order valence-electron chi connectivity index (χ0n) is 15.1. The number of thioether (sulfide) groups is 1. The maximum atomic E-state index is 12.3. The van der Waals surface area contributed by atoms with Gasteiger partial charge in [-0.25, -0.2) is 0 Å². The Morgan fingerprint density at radius 2 is 2.00 bits per heavy atom. The normalized spacial score (nSPS) is 10.8. The van der Waals surface area contributed by atoms with E-state index in [9.17, 15) is 4.79 Å². The summed E-state index contributed by atoms with van der Waals surface area (Å²) in [6.45, 7) is 4.79. The number of nitrogens with one attached hydrogen (secondary N) is 1. The van der Waals surface area contributed by atoms with Gasteiger partial charge in [0, 0.05) is 35.2 Å². The molecule has 0 unspecified atom stereocenters. The number of aromatic nitrogens is 4. The predicted octanol–water partition coefficient (Wildman–Crippen LogP) is 4.44. The molecule has 0 saturated heterocycles. The Bertz CT molecular complexity index is 929. The second-order valence-corrected chi connectivity index (χ2v) is 7.37. The highest BCUT2D eigenvalue weighted by molar-refractivity contribution is 7.99. The molecular weight excluding hydrogens is 382 g/mol. The second-order valence-electron chi connectivity index (χ2n) is 5.99. The van der Waals surface area contributed by atoms with Crippen LogP contribution in [-0.2, 0) is 11.3 Å². The Morgan fingerprint density at radius 3 is 2.70 bits per heavy atom. The highest BCUT2D eigenvalue weighted by Crippen LogP contribution is 2.25. The van der Waals surface area contributed by atoms with Gasteiger partial charge in [-0.05, 0) is 49.2 Å². The Morgan fingerprint density at radius 1 is 1.22 bits per heavy atom. The first-order valence-electron chi connectivity index (χ1n) is 8.61. The van der Waals surface area contributed by atoms with Crippen molar-refractivity contribution < 1.29 is 4.79 Å². The van der Waals surface area contributed by atoms with Crippen LogP contribution in [0.1, 0.15) is 18.9 Å². The van der Waals surface area contributed by atoms with Crippen molar-refractivity contribution in [3.05, 3.63) is 53.3 Å². The third kappa shape index (κ3) is 4.87. The molecular formula is C19H20ClN5OS. The van der Waals surface area contributed by atoms with Crippen LogP contribution in [0.3, 0.4) is 0 Å². The summed E-state index contributed by atoms with van der Waals surface area (Å²) in [6.07, 6.45) is 4.41. The van der Waals surface area contributed by atoms with Crippen LogP contribution >= 0.6 is 23.4 Å². The highest BCUT2D eigenvalue weighted by Gasteiger charge is 2.15. The monoisotopic (exact) mass is 401 g/mol. The van der Waals surface area contributed by atoms with Gasteiger partial charge in [0.05, 0.1) is 5.75 Å². The van der Waals surface area contributed by atoms with Crippen LogP contribution < -0.4 is 5.32 Å². The van der Waals surface area contributed by atoms with Crippen molar-refractivity contribution >= 4 is 35.0 Å². The van der Waals surface area contributed by atoms with E-state index >= 15 is 0 Å². The Balaban J connectivity index is 1.70. The van der Waals surface area contributed by atoms with Crippen LogP contribution in [0.4, 0.5) is 5.69 Å². The molecule has 3 rings (SSSR count). The molecule has 27 heavy (non-hydrogen) atoms. The second kappa shape index (κ2) is 9.01. The summed E-state index contributed by atoms with van der Waals surface area (Å²) >= 11 is 7.33. The molecule has 0 fully saturated rings. The van der Waals surface area contributed by atoms with Crippen LogP contribution in [0.15, 0.2) is 47.9 Å². The lowest BCUT2D eigenvalue weighted by Crippen LogP contribution is -2.15. The first-order chi connectivity index (χ1) is 13.1. The van der Waals surface area contributed by atoms with E-state index in [0.29, 0.717) is 5.02 Å².